The van der Waals surface area contributed by atoms with Crippen molar-refractivity contribution < 1.29 is 9.18 Å². The van der Waals surface area contributed by atoms with Gasteiger partial charge in [0.25, 0.3) is 0 Å². The van der Waals surface area contributed by atoms with E-state index in [1.54, 1.807) is 6.07 Å². The van der Waals surface area contributed by atoms with Crippen LogP contribution in [0.15, 0.2) is 16.6 Å². The molecule has 0 spiro atoms. The number of carbonyl (C=O) groups is 1. The van der Waals surface area contributed by atoms with E-state index in [4.69, 9.17) is 11.6 Å². The Hall–Kier alpha value is -0.450. The van der Waals surface area contributed by atoms with Gasteiger partial charge in [0.2, 0.25) is 0 Å². The van der Waals surface area contributed by atoms with E-state index >= 15 is 0 Å². The minimum Gasteiger partial charge on any atom is -0.297 e. The molecule has 106 valence electrons. The van der Waals surface area contributed by atoms with E-state index in [2.05, 4.69) is 15.9 Å². The fourth-order valence-corrected chi connectivity index (χ4v) is 2.83. The van der Waals surface area contributed by atoms with Gasteiger partial charge >= 0.3 is 0 Å². The number of benzene rings is 1. The molecule has 0 aromatic heterocycles. The van der Waals surface area contributed by atoms with E-state index in [0.717, 1.165) is 0 Å². The zero-order valence-corrected chi connectivity index (χ0v) is 13.9. The van der Waals surface area contributed by atoms with Crippen molar-refractivity contribution in [1.29, 1.82) is 0 Å². The van der Waals surface area contributed by atoms with Crippen LogP contribution in [-0.2, 0) is 0 Å². The second kappa shape index (κ2) is 6.33. The van der Waals surface area contributed by atoms with Crippen molar-refractivity contribution in [1.82, 2.24) is 4.90 Å². The van der Waals surface area contributed by atoms with Gasteiger partial charge in [-0.05, 0) is 55.0 Å². The third-order valence-electron chi connectivity index (χ3n) is 3.73. The molecule has 0 saturated carbocycles. The van der Waals surface area contributed by atoms with Crippen LogP contribution in [0.4, 0.5) is 4.39 Å². The molecule has 0 heterocycles. The van der Waals surface area contributed by atoms with Crippen LogP contribution in [0.2, 0.25) is 5.02 Å². The molecule has 0 fully saturated rings. The molecule has 1 aromatic rings. The molecule has 2 nitrogen and oxygen atoms in total. The standard InChI is InChI=1S/C14H18BrClFNO/c1-5-14(6-2,18(3)4)13(19)9-7-8-10(15)11(16)12(9)17/h7-8H,5-6H2,1-4H3. The van der Waals surface area contributed by atoms with Gasteiger partial charge < -0.3 is 0 Å². The number of likely N-dealkylation sites (N-methyl/N-ethyl adjacent to an activating group) is 1. The van der Waals surface area contributed by atoms with Crippen LogP contribution in [-0.4, -0.2) is 30.3 Å². The summed E-state index contributed by atoms with van der Waals surface area (Å²) in [6.45, 7) is 3.86. The van der Waals surface area contributed by atoms with Crippen molar-refractivity contribution in [2.75, 3.05) is 14.1 Å². The third kappa shape index (κ3) is 2.86. The summed E-state index contributed by atoms with van der Waals surface area (Å²) in [5.41, 5.74) is -0.650. The van der Waals surface area contributed by atoms with Crippen LogP contribution < -0.4 is 0 Å². The lowest BCUT2D eigenvalue weighted by atomic mass is 9.83. The minimum absolute atomic E-state index is 0.0469. The first-order valence-corrected chi connectivity index (χ1v) is 7.34. The van der Waals surface area contributed by atoms with Gasteiger partial charge in [-0.1, -0.05) is 25.4 Å². The zero-order chi connectivity index (χ0) is 14.8. The minimum atomic E-state index is -0.696. The highest BCUT2D eigenvalue weighted by Gasteiger charge is 2.39. The molecule has 1 aromatic carbocycles. The van der Waals surface area contributed by atoms with E-state index in [1.807, 2.05) is 32.8 Å². The molecule has 0 amide bonds. The molecule has 1 rings (SSSR count). The van der Waals surface area contributed by atoms with Gasteiger partial charge in [0.1, 0.15) is 0 Å². The van der Waals surface area contributed by atoms with E-state index in [1.165, 1.54) is 6.07 Å². The molecule has 0 aliphatic carbocycles. The Labute approximate surface area is 127 Å². The van der Waals surface area contributed by atoms with Crippen LogP contribution in [0.3, 0.4) is 0 Å². The second-order valence-electron chi connectivity index (χ2n) is 4.69. The summed E-state index contributed by atoms with van der Waals surface area (Å²) in [6.07, 6.45) is 1.23. The number of Topliss-reactive ketones (excluding diaryl/α,β-unsaturated/α-hetero) is 1. The van der Waals surface area contributed by atoms with Gasteiger partial charge in [-0.3, -0.25) is 9.69 Å². The predicted octanol–water partition coefficient (Wildman–Crippen LogP) is 4.54. The summed E-state index contributed by atoms with van der Waals surface area (Å²) in [4.78, 5) is 14.6. The number of rotatable bonds is 5. The van der Waals surface area contributed by atoms with Crippen LogP contribution >= 0.6 is 27.5 Å². The van der Waals surface area contributed by atoms with Gasteiger partial charge in [-0.15, -0.1) is 0 Å². The first-order valence-electron chi connectivity index (χ1n) is 6.17. The van der Waals surface area contributed by atoms with Gasteiger partial charge in [-0.25, -0.2) is 4.39 Å². The molecule has 0 aliphatic rings. The molecule has 19 heavy (non-hydrogen) atoms. The first-order chi connectivity index (χ1) is 8.81. The average molecular weight is 351 g/mol. The lowest BCUT2D eigenvalue weighted by Gasteiger charge is -2.37. The first kappa shape index (κ1) is 16.6. The quantitative estimate of drug-likeness (QED) is 0.574. The summed E-state index contributed by atoms with van der Waals surface area (Å²) in [7, 11) is 3.67. The molecular weight excluding hydrogens is 333 g/mol. The average Bonchev–Trinajstić information content (AvgIpc) is 2.37. The maximum atomic E-state index is 14.2. The number of carbonyl (C=O) groups excluding carboxylic acids is 1. The second-order valence-corrected chi connectivity index (χ2v) is 5.92. The molecular formula is C14H18BrClFNO. The predicted molar refractivity (Wildman–Crippen MR) is 80.4 cm³/mol. The Morgan fingerprint density at radius 3 is 2.32 bits per heavy atom. The molecule has 0 atom stereocenters. The van der Waals surface area contributed by atoms with Crippen LogP contribution in [0.25, 0.3) is 0 Å². The fourth-order valence-electron chi connectivity index (χ4n) is 2.36. The van der Waals surface area contributed by atoms with Crippen molar-refractivity contribution in [2.24, 2.45) is 0 Å². The molecule has 0 radical (unpaired) electrons. The maximum absolute atomic E-state index is 14.2. The van der Waals surface area contributed by atoms with Gasteiger partial charge in [-0.2, -0.15) is 0 Å². The molecule has 0 saturated heterocycles. The van der Waals surface area contributed by atoms with Crippen LogP contribution in [0.5, 0.6) is 0 Å². The van der Waals surface area contributed by atoms with Crippen molar-refractivity contribution in [3.8, 4) is 0 Å². The summed E-state index contributed by atoms with van der Waals surface area (Å²) in [5, 5.41) is -0.0503. The van der Waals surface area contributed by atoms with Crippen molar-refractivity contribution in [3.63, 3.8) is 0 Å². The SMILES string of the molecule is CCC(CC)(C(=O)c1ccc(Br)c(Cl)c1F)N(C)C. The van der Waals surface area contributed by atoms with Crippen molar-refractivity contribution in [3.05, 3.63) is 33.0 Å². The summed E-state index contributed by atoms with van der Waals surface area (Å²) < 4.78 is 14.6. The van der Waals surface area contributed by atoms with Crippen LogP contribution in [0.1, 0.15) is 37.0 Å². The molecule has 0 bridgehead atoms. The van der Waals surface area contributed by atoms with Gasteiger partial charge in [0, 0.05) is 4.47 Å². The molecule has 0 unspecified atom stereocenters. The van der Waals surface area contributed by atoms with Gasteiger partial charge in [0.15, 0.2) is 11.6 Å². The Morgan fingerprint density at radius 2 is 1.89 bits per heavy atom. The Kier molecular flexibility index (Phi) is 5.53. The van der Waals surface area contributed by atoms with E-state index < -0.39 is 11.4 Å². The van der Waals surface area contributed by atoms with E-state index in [0.29, 0.717) is 17.3 Å². The number of hydrogen-bond acceptors (Lipinski definition) is 2. The number of ketones is 1. The van der Waals surface area contributed by atoms with Gasteiger partial charge in [0.05, 0.1) is 16.1 Å². The fraction of sp³-hybridized carbons (Fsp3) is 0.500. The monoisotopic (exact) mass is 349 g/mol. The Balaban J connectivity index is 3.37. The lowest BCUT2D eigenvalue weighted by Crippen LogP contribution is -2.50. The normalized spacial score (nSPS) is 12.0. The van der Waals surface area contributed by atoms with Crippen molar-refractivity contribution >= 4 is 33.3 Å². The van der Waals surface area contributed by atoms with Crippen LogP contribution in [0, 0.1) is 5.82 Å². The maximum Gasteiger partial charge on any atom is 0.186 e. The Bertz CT molecular complexity index is 487. The largest absolute Gasteiger partial charge is 0.297 e. The molecule has 5 heteroatoms. The molecule has 0 aliphatic heterocycles. The zero-order valence-electron chi connectivity index (χ0n) is 11.6. The van der Waals surface area contributed by atoms with Crippen molar-refractivity contribution in [2.45, 2.75) is 32.2 Å². The number of hydrogen-bond donors (Lipinski definition) is 0. The van der Waals surface area contributed by atoms with E-state index in [9.17, 15) is 9.18 Å². The summed E-state index contributed by atoms with van der Waals surface area (Å²) in [5.74, 6) is -0.886. The summed E-state index contributed by atoms with van der Waals surface area (Å²) >= 11 is 9.00. The Morgan fingerprint density at radius 1 is 1.37 bits per heavy atom. The smallest absolute Gasteiger partial charge is 0.186 e. The highest BCUT2D eigenvalue weighted by atomic mass is 79.9. The lowest BCUT2D eigenvalue weighted by molar-refractivity contribution is 0.0651. The highest BCUT2D eigenvalue weighted by molar-refractivity contribution is 9.10. The molecule has 0 N–H and O–H groups in total. The third-order valence-corrected chi connectivity index (χ3v) is 4.99. The number of halogens is 3. The topological polar surface area (TPSA) is 20.3 Å². The number of nitrogens with zero attached hydrogens (tertiary/aromatic N) is 1. The van der Waals surface area contributed by atoms with E-state index in [-0.39, 0.29) is 16.4 Å². The highest BCUT2D eigenvalue weighted by Crippen LogP contribution is 2.32. The summed E-state index contributed by atoms with van der Waals surface area (Å²) in [6, 6.07) is 3.08.